The summed E-state index contributed by atoms with van der Waals surface area (Å²) >= 11 is 5.99. The van der Waals surface area contributed by atoms with Crippen LogP contribution in [0.15, 0.2) is 23.1 Å². The van der Waals surface area contributed by atoms with Gasteiger partial charge in [-0.05, 0) is 25.1 Å². The van der Waals surface area contributed by atoms with Crippen LogP contribution in [0.25, 0.3) is 0 Å². The van der Waals surface area contributed by atoms with Crippen LogP contribution < -0.4 is 15.8 Å². The largest absolute Gasteiger partial charge is 0.324 e. The van der Waals surface area contributed by atoms with Crippen LogP contribution in [0.5, 0.6) is 0 Å². The summed E-state index contributed by atoms with van der Waals surface area (Å²) in [7, 11) is -3.84. The Morgan fingerprint density at radius 1 is 1.52 bits per heavy atom. The molecule has 1 atom stereocenters. The summed E-state index contributed by atoms with van der Waals surface area (Å²) in [4.78, 5) is 14.1. The molecule has 0 saturated carbocycles. The molecule has 1 aromatic carbocycles. The van der Waals surface area contributed by atoms with Gasteiger partial charge in [-0.3, -0.25) is 9.69 Å². The fraction of sp³-hybridized carbons (Fsp3) is 0.462. The van der Waals surface area contributed by atoms with Crippen molar-refractivity contribution in [2.45, 2.75) is 17.9 Å². The van der Waals surface area contributed by atoms with Gasteiger partial charge in [0.25, 0.3) is 0 Å². The van der Waals surface area contributed by atoms with Crippen molar-refractivity contribution in [3.8, 4) is 0 Å². The first-order valence-corrected chi connectivity index (χ1v) is 8.77. The van der Waals surface area contributed by atoms with Crippen molar-refractivity contribution in [1.82, 2.24) is 10.2 Å². The molecule has 0 aliphatic carbocycles. The van der Waals surface area contributed by atoms with E-state index in [1.54, 1.807) is 0 Å². The topological polar surface area (TPSA) is 105 Å². The second kappa shape index (κ2) is 8.27. The number of carbonyl (C=O) groups excluding carboxylic acids is 1. The first-order chi connectivity index (χ1) is 10.3. The molecule has 1 amide bonds. The van der Waals surface area contributed by atoms with Crippen LogP contribution in [-0.2, 0) is 14.8 Å². The smallest absolute Gasteiger partial charge is 0.238 e. The summed E-state index contributed by atoms with van der Waals surface area (Å²) in [5.74, 6) is -0.248. The van der Waals surface area contributed by atoms with Gasteiger partial charge in [-0.15, -0.1) is 12.4 Å². The number of carbonyl (C=O) groups is 1. The maximum atomic E-state index is 12.1. The average Bonchev–Trinajstić information content (AvgIpc) is 2.42. The highest BCUT2D eigenvalue weighted by Crippen LogP contribution is 2.24. The van der Waals surface area contributed by atoms with Crippen LogP contribution >= 0.6 is 24.0 Å². The highest BCUT2D eigenvalue weighted by atomic mass is 35.5. The zero-order chi connectivity index (χ0) is 16.3. The van der Waals surface area contributed by atoms with E-state index in [1.807, 2.05) is 11.8 Å². The average molecular weight is 383 g/mol. The molecule has 0 radical (unpaired) electrons. The molecule has 0 bridgehead atoms. The third-order valence-electron chi connectivity index (χ3n) is 3.53. The number of amides is 1. The Balaban J connectivity index is 0.00000264. The van der Waals surface area contributed by atoms with Gasteiger partial charge in [0.15, 0.2) is 0 Å². The van der Waals surface area contributed by atoms with Crippen molar-refractivity contribution in [3.05, 3.63) is 23.2 Å². The normalized spacial score (nSPS) is 19.0. The maximum Gasteiger partial charge on any atom is 0.238 e. The van der Waals surface area contributed by atoms with E-state index in [9.17, 15) is 13.2 Å². The van der Waals surface area contributed by atoms with Gasteiger partial charge in [0, 0.05) is 25.7 Å². The predicted molar refractivity (Wildman–Crippen MR) is 92.6 cm³/mol. The predicted octanol–water partition coefficient (Wildman–Crippen LogP) is 0.641. The fourth-order valence-corrected chi connectivity index (χ4v) is 2.97. The van der Waals surface area contributed by atoms with E-state index in [4.69, 9.17) is 16.7 Å². The minimum atomic E-state index is -3.84. The van der Waals surface area contributed by atoms with E-state index in [1.165, 1.54) is 18.2 Å². The van der Waals surface area contributed by atoms with E-state index in [2.05, 4.69) is 10.6 Å². The molecule has 1 heterocycles. The molecule has 1 fully saturated rings. The Morgan fingerprint density at radius 2 is 2.22 bits per heavy atom. The summed E-state index contributed by atoms with van der Waals surface area (Å²) in [6, 6.07) is 4.21. The quantitative estimate of drug-likeness (QED) is 0.708. The van der Waals surface area contributed by atoms with Crippen molar-refractivity contribution in [1.29, 1.82) is 0 Å². The summed E-state index contributed by atoms with van der Waals surface area (Å²) in [5, 5.41) is 11.2. The van der Waals surface area contributed by atoms with Gasteiger partial charge in [-0.1, -0.05) is 11.6 Å². The molecule has 0 aromatic heterocycles. The summed E-state index contributed by atoms with van der Waals surface area (Å²) in [5.41, 5.74) is 0.237. The standard InChI is InChI=1S/C13H19ClN4O3S.ClH/c1-9-7-16-4-5-18(9)8-13(19)17-12-6-10(22(15,20)21)2-3-11(12)14;/h2-3,6,9,16H,4-5,7-8H2,1H3,(H,17,19)(H2,15,20,21);1H/t9-;/m0./s1. The van der Waals surface area contributed by atoms with Crippen molar-refractivity contribution >= 4 is 45.6 Å². The van der Waals surface area contributed by atoms with Gasteiger partial charge in [-0.2, -0.15) is 0 Å². The van der Waals surface area contributed by atoms with E-state index >= 15 is 0 Å². The second-order valence-corrected chi connectivity index (χ2v) is 7.23. The van der Waals surface area contributed by atoms with E-state index in [0.29, 0.717) is 0 Å². The minimum absolute atomic E-state index is 0. The van der Waals surface area contributed by atoms with Crippen LogP contribution in [0.2, 0.25) is 5.02 Å². The van der Waals surface area contributed by atoms with Gasteiger partial charge < -0.3 is 10.6 Å². The number of rotatable bonds is 4. The molecule has 4 N–H and O–H groups in total. The third kappa shape index (κ3) is 5.59. The highest BCUT2D eigenvalue weighted by Gasteiger charge is 2.21. The highest BCUT2D eigenvalue weighted by molar-refractivity contribution is 7.89. The van der Waals surface area contributed by atoms with Crippen LogP contribution in [-0.4, -0.2) is 51.4 Å². The van der Waals surface area contributed by atoms with Crippen LogP contribution in [0.4, 0.5) is 5.69 Å². The van der Waals surface area contributed by atoms with Crippen LogP contribution in [0.3, 0.4) is 0 Å². The number of hydrogen-bond donors (Lipinski definition) is 3. The number of anilines is 1. The lowest BCUT2D eigenvalue weighted by molar-refractivity contribution is -0.118. The van der Waals surface area contributed by atoms with Crippen LogP contribution in [0.1, 0.15) is 6.92 Å². The number of sulfonamides is 1. The Kier molecular flexibility index (Phi) is 7.25. The number of piperazine rings is 1. The maximum absolute atomic E-state index is 12.1. The molecular formula is C13H20Cl2N4O3S. The summed E-state index contributed by atoms with van der Waals surface area (Å²) in [6.07, 6.45) is 0. The zero-order valence-electron chi connectivity index (χ0n) is 12.6. The number of nitrogens with one attached hydrogen (secondary N) is 2. The second-order valence-electron chi connectivity index (χ2n) is 5.26. The van der Waals surface area contributed by atoms with Crippen molar-refractivity contribution < 1.29 is 13.2 Å². The van der Waals surface area contributed by atoms with Crippen molar-refractivity contribution in [3.63, 3.8) is 0 Å². The van der Waals surface area contributed by atoms with Gasteiger partial charge in [0.1, 0.15) is 0 Å². The zero-order valence-corrected chi connectivity index (χ0v) is 15.0. The molecule has 0 unspecified atom stereocenters. The number of primary sulfonamides is 1. The summed E-state index contributed by atoms with van der Waals surface area (Å²) in [6.45, 7) is 4.70. The van der Waals surface area contributed by atoms with Gasteiger partial charge in [0.2, 0.25) is 15.9 Å². The molecule has 1 aliphatic heterocycles. The number of nitrogens with two attached hydrogens (primary N) is 1. The van der Waals surface area contributed by atoms with E-state index < -0.39 is 10.0 Å². The molecule has 10 heteroatoms. The lowest BCUT2D eigenvalue weighted by atomic mass is 10.2. The molecule has 1 aliphatic rings. The first kappa shape index (κ1) is 20.1. The Hall–Kier alpha value is -0.900. The molecule has 130 valence electrons. The van der Waals surface area contributed by atoms with Gasteiger partial charge in [-0.25, -0.2) is 13.6 Å². The molecule has 2 rings (SSSR count). The van der Waals surface area contributed by atoms with Crippen molar-refractivity contribution in [2.75, 3.05) is 31.5 Å². The number of halogens is 2. The van der Waals surface area contributed by atoms with Gasteiger partial charge >= 0.3 is 0 Å². The number of benzene rings is 1. The molecule has 1 aromatic rings. The molecule has 0 spiro atoms. The van der Waals surface area contributed by atoms with E-state index in [0.717, 1.165) is 19.6 Å². The Labute approximate surface area is 147 Å². The Morgan fingerprint density at radius 3 is 2.83 bits per heavy atom. The van der Waals surface area contributed by atoms with E-state index in [-0.39, 0.29) is 46.5 Å². The van der Waals surface area contributed by atoms with Gasteiger partial charge in [0.05, 0.1) is 22.2 Å². The lowest BCUT2D eigenvalue weighted by Gasteiger charge is -2.33. The lowest BCUT2D eigenvalue weighted by Crippen LogP contribution is -2.52. The third-order valence-corrected chi connectivity index (χ3v) is 4.77. The van der Waals surface area contributed by atoms with Crippen molar-refractivity contribution in [2.24, 2.45) is 5.14 Å². The molecular weight excluding hydrogens is 363 g/mol. The SMILES string of the molecule is C[C@H]1CNCCN1CC(=O)Nc1cc(S(N)(=O)=O)ccc1Cl.Cl. The minimum Gasteiger partial charge on any atom is -0.324 e. The first-order valence-electron chi connectivity index (χ1n) is 6.84. The molecule has 1 saturated heterocycles. The molecule has 23 heavy (non-hydrogen) atoms. The number of nitrogens with zero attached hydrogens (tertiary/aromatic N) is 1. The number of hydrogen-bond acceptors (Lipinski definition) is 5. The monoisotopic (exact) mass is 382 g/mol. The Bertz CT molecular complexity index is 669. The molecule has 7 nitrogen and oxygen atoms in total. The summed E-state index contributed by atoms with van der Waals surface area (Å²) < 4.78 is 22.7. The fourth-order valence-electron chi connectivity index (χ4n) is 2.27. The van der Waals surface area contributed by atoms with Crippen LogP contribution in [0, 0.1) is 0 Å².